The van der Waals surface area contributed by atoms with Crippen molar-refractivity contribution in [1.82, 2.24) is 9.97 Å². The lowest BCUT2D eigenvalue weighted by molar-refractivity contribution is -0.290. The summed E-state index contributed by atoms with van der Waals surface area (Å²) in [5.41, 5.74) is 1.73. The largest absolute Gasteiger partial charge is 0.460 e. The third-order valence-electron chi connectivity index (χ3n) is 6.08. The Bertz CT molecular complexity index is 1350. The maximum Gasteiger partial charge on any atom is 0.308 e. The molecule has 0 unspecified atom stereocenters. The number of ether oxygens (including phenoxy) is 3. The summed E-state index contributed by atoms with van der Waals surface area (Å²) >= 11 is 0. The quantitative estimate of drug-likeness (QED) is 0.381. The SMILES string of the molecule is CC(C)c1nc(N(C)S(C)(=O)=O)nc(-c2ccc(F)cc2)c1/C=C/[C@@H]1C[C@H](CC(=O)OC(C)(C)C)OC(C)(C)O1. The van der Waals surface area contributed by atoms with Crippen molar-refractivity contribution < 1.29 is 31.8 Å². The number of carbonyl (C=O) groups is 1. The van der Waals surface area contributed by atoms with Crippen molar-refractivity contribution in [2.75, 3.05) is 17.6 Å². The molecule has 3 rings (SSSR count). The standard InChI is InChI=1S/C29H40FN3O6S/c1-18(2)25-23(15-14-21-16-22(38-29(6,7)37-21)17-24(34)39-28(3,4)5)26(19-10-12-20(30)13-11-19)32-27(31-25)33(8)40(9,35)36/h10-15,18,21-22H,16-17H2,1-9H3/b15-14+/t21-,22-/m1/s1. The van der Waals surface area contributed by atoms with E-state index < -0.39 is 39.4 Å². The predicted molar refractivity (Wildman–Crippen MR) is 153 cm³/mol. The first kappa shape index (κ1) is 31.6. The highest BCUT2D eigenvalue weighted by Gasteiger charge is 2.36. The Balaban J connectivity index is 2.04. The Morgan fingerprint density at radius 2 is 1.82 bits per heavy atom. The zero-order chi connectivity index (χ0) is 30.0. The number of esters is 1. The van der Waals surface area contributed by atoms with Crippen molar-refractivity contribution in [3.05, 3.63) is 47.4 Å². The third-order valence-corrected chi connectivity index (χ3v) is 7.24. The third kappa shape index (κ3) is 8.55. The number of halogens is 1. The molecule has 2 heterocycles. The molecule has 0 spiro atoms. The van der Waals surface area contributed by atoms with E-state index in [0.29, 0.717) is 28.9 Å². The Labute approximate surface area is 236 Å². The molecule has 220 valence electrons. The number of rotatable bonds is 8. The number of anilines is 1. The molecule has 1 fully saturated rings. The van der Waals surface area contributed by atoms with Crippen LogP contribution in [0.25, 0.3) is 17.3 Å². The smallest absolute Gasteiger partial charge is 0.308 e. The van der Waals surface area contributed by atoms with Gasteiger partial charge in [0.1, 0.15) is 11.4 Å². The van der Waals surface area contributed by atoms with Crippen LogP contribution in [0.2, 0.25) is 0 Å². The molecule has 11 heteroatoms. The second-order valence-corrected chi connectivity index (χ2v) is 13.8. The van der Waals surface area contributed by atoms with E-state index in [1.54, 1.807) is 26.0 Å². The number of carbonyl (C=O) groups excluding carboxylic acids is 1. The fraction of sp³-hybridized carbons (Fsp3) is 0.552. The van der Waals surface area contributed by atoms with E-state index in [-0.39, 0.29) is 24.3 Å². The molecule has 2 aromatic rings. The summed E-state index contributed by atoms with van der Waals surface area (Å²) in [5.74, 6) is -1.78. The first-order valence-corrected chi connectivity index (χ1v) is 15.1. The van der Waals surface area contributed by atoms with Crippen LogP contribution in [0.3, 0.4) is 0 Å². The Hall–Kier alpha value is -2.89. The molecule has 9 nitrogen and oxygen atoms in total. The molecule has 1 aromatic carbocycles. The molecule has 1 aromatic heterocycles. The molecule has 0 N–H and O–H groups in total. The molecular formula is C29H40FN3O6S. The molecule has 1 saturated heterocycles. The summed E-state index contributed by atoms with van der Waals surface area (Å²) in [5, 5.41) is 0. The predicted octanol–water partition coefficient (Wildman–Crippen LogP) is 5.46. The zero-order valence-corrected chi connectivity index (χ0v) is 25.5. The van der Waals surface area contributed by atoms with Gasteiger partial charge in [-0.1, -0.05) is 26.0 Å². The summed E-state index contributed by atoms with van der Waals surface area (Å²) in [6.45, 7) is 12.9. The van der Waals surface area contributed by atoms with E-state index in [1.165, 1.54) is 19.2 Å². The Kier molecular flexibility index (Phi) is 9.43. The lowest BCUT2D eigenvalue weighted by Gasteiger charge is -2.39. The van der Waals surface area contributed by atoms with Crippen LogP contribution in [0.1, 0.15) is 78.5 Å². The van der Waals surface area contributed by atoms with Gasteiger partial charge in [-0.05, 0) is 64.8 Å². The summed E-state index contributed by atoms with van der Waals surface area (Å²) in [4.78, 5) is 21.7. The number of hydrogen-bond donors (Lipinski definition) is 0. The first-order valence-electron chi connectivity index (χ1n) is 13.2. The number of nitrogens with zero attached hydrogens (tertiary/aromatic N) is 3. The molecule has 40 heavy (non-hydrogen) atoms. The van der Waals surface area contributed by atoms with Gasteiger partial charge in [0.2, 0.25) is 16.0 Å². The second kappa shape index (κ2) is 11.9. The summed E-state index contributed by atoms with van der Waals surface area (Å²) in [6.07, 6.45) is 4.46. The summed E-state index contributed by atoms with van der Waals surface area (Å²) < 4.78 is 57.0. The molecule has 0 saturated carbocycles. The number of hydrogen-bond acceptors (Lipinski definition) is 8. The molecule has 1 aliphatic heterocycles. The highest BCUT2D eigenvalue weighted by Crippen LogP contribution is 2.34. The number of aromatic nitrogens is 2. The molecule has 0 radical (unpaired) electrons. The minimum Gasteiger partial charge on any atom is -0.460 e. The highest BCUT2D eigenvalue weighted by molar-refractivity contribution is 7.92. The van der Waals surface area contributed by atoms with Gasteiger partial charge < -0.3 is 14.2 Å². The molecule has 2 atom stereocenters. The van der Waals surface area contributed by atoms with Gasteiger partial charge in [-0.3, -0.25) is 4.79 Å². The van der Waals surface area contributed by atoms with E-state index >= 15 is 0 Å². The first-order chi connectivity index (χ1) is 18.3. The Morgan fingerprint density at radius 1 is 1.20 bits per heavy atom. The lowest BCUT2D eigenvalue weighted by Crippen LogP contribution is -2.45. The fourth-order valence-corrected chi connectivity index (χ4v) is 4.74. The van der Waals surface area contributed by atoms with E-state index in [9.17, 15) is 17.6 Å². The monoisotopic (exact) mass is 577 g/mol. The van der Waals surface area contributed by atoms with E-state index in [2.05, 4.69) is 9.97 Å². The molecule has 0 amide bonds. The van der Waals surface area contributed by atoms with Crippen molar-refractivity contribution in [2.45, 2.75) is 90.8 Å². The van der Waals surface area contributed by atoms with Crippen LogP contribution >= 0.6 is 0 Å². The van der Waals surface area contributed by atoms with Crippen LogP contribution in [-0.4, -0.2) is 61.3 Å². The maximum atomic E-state index is 13.8. The topological polar surface area (TPSA) is 108 Å². The summed E-state index contributed by atoms with van der Waals surface area (Å²) in [6, 6.07) is 5.83. The van der Waals surface area contributed by atoms with Crippen molar-refractivity contribution in [3.8, 4) is 11.3 Å². The van der Waals surface area contributed by atoms with Crippen LogP contribution in [0.4, 0.5) is 10.3 Å². The van der Waals surface area contributed by atoms with Crippen molar-refractivity contribution >= 4 is 28.0 Å². The molecule has 0 bridgehead atoms. The molecule has 1 aliphatic rings. The molecular weight excluding hydrogens is 537 g/mol. The lowest BCUT2D eigenvalue weighted by atomic mass is 9.97. The van der Waals surface area contributed by atoms with Crippen LogP contribution < -0.4 is 4.31 Å². The van der Waals surface area contributed by atoms with Gasteiger partial charge in [0.15, 0.2) is 5.79 Å². The second-order valence-electron chi connectivity index (χ2n) is 11.7. The van der Waals surface area contributed by atoms with Gasteiger partial charge in [0, 0.05) is 24.6 Å². The van der Waals surface area contributed by atoms with Crippen molar-refractivity contribution in [2.24, 2.45) is 0 Å². The minimum absolute atomic E-state index is 0.0172. The number of benzene rings is 1. The van der Waals surface area contributed by atoms with Crippen molar-refractivity contribution in [3.63, 3.8) is 0 Å². The van der Waals surface area contributed by atoms with Crippen LogP contribution in [0, 0.1) is 5.82 Å². The zero-order valence-electron chi connectivity index (χ0n) is 24.7. The summed E-state index contributed by atoms with van der Waals surface area (Å²) in [7, 11) is -2.24. The van der Waals surface area contributed by atoms with Crippen LogP contribution in [-0.2, 0) is 29.0 Å². The normalized spacial score (nSPS) is 19.7. The van der Waals surface area contributed by atoms with E-state index in [1.807, 2.05) is 46.8 Å². The van der Waals surface area contributed by atoms with Crippen LogP contribution in [0.5, 0.6) is 0 Å². The van der Waals surface area contributed by atoms with Gasteiger partial charge in [-0.2, -0.15) is 0 Å². The Morgan fingerprint density at radius 3 is 2.38 bits per heavy atom. The van der Waals surface area contributed by atoms with Gasteiger partial charge in [0.05, 0.1) is 36.3 Å². The van der Waals surface area contributed by atoms with E-state index in [0.717, 1.165) is 10.6 Å². The van der Waals surface area contributed by atoms with Gasteiger partial charge >= 0.3 is 5.97 Å². The highest BCUT2D eigenvalue weighted by atomic mass is 32.2. The average molecular weight is 578 g/mol. The van der Waals surface area contributed by atoms with Crippen LogP contribution in [0.15, 0.2) is 30.3 Å². The average Bonchev–Trinajstić information content (AvgIpc) is 2.79. The van der Waals surface area contributed by atoms with Gasteiger partial charge in [-0.25, -0.2) is 27.1 Å². The van der Waals surface area contributed by atoms with Gasteiger partial charge in [-0.15, -0.1) is 0 Å². The van der Waals surface area contributed by atoms with Gasteiger partial charge in [0.25, 0.3) is 0 Å². The van der Waals surface area contributed by atoms with Crippen molar-refractivity contribution in [1.29, 1.82) is 0 Å². The fourth-order valence-electron chi connectivity index (χ4n) is 4.36. The number of sulfonamides is 1. The molecule has 0 aliphatic carbocycles. The maximum absolute atomic E-state index is 13.8. The van der Waals surface area contributed by atoms with E-state index in [4.69, 9.17) is 14.2 Å². The minimum atomic E-state index is -3.63.